The normalized spacial score (nSPS) is 20.2. The molecule has 1 aromatic rings. The Balaban J connectivity index is 2.27. The maximum absolute atomic E-state index is 9.86. The highest BCUT2D eigenvalue weighted by molar-refractivity contribution is 9.10. The van der Waals surface area contributed by atoms with Crippen LogP contribution in [0.5, 0.6) is 11.5 Å². The molecule has 2 rings (SSSR count). The SMILES string of the molecule is CCOc1cc([C@@H]2CCCCN2)cc(Br)c1O. The minimum atomic E-state index is 0.186. The van der Waals surface area contributed by atoms with E-state index in [0.717, 1.165) is 13.0 Å². The van der Waals surface area contributed by atoms with E-state index in [9.17, 15) is 5.11 Å². The van der Waals surface area contributed by atoms with Crippen LogP contribution in [0.1, 0.15) is 37.8 Å². The Bertz CT molecular complexity index is 389. The molecule has 1 aliphatic heterocycles. The van der Waals surface area contributed by atoms with E-state index in [0.29, 0.717) is 22.9 Å². The molecule has 94 valence electrons. The van der Waals surface area contributed by atoms with Crippen molar-refractivity contribution in [3.8, 4) is 11.5 Å². The van der Waals surface area contributed by atoms with E-state index in [1.54, 1.807) is 0 Å². The summed E-state index contributed by atoms with van der Waals surface area (Å²) in [6.07, 6.45) is 3.64. The summed E-state index contributed by atoms with van der Waals surface area (Å²) < 4.78 is 6.14. The average Bonchev–Trinajstić information content (AvgIpc) is 2.36. The topological polar surface area (TPSA) is 41.5 Å². The summed E-state index contributed by atoms with van der Waals surface area (Å²) in [5, 5.41) is 13.4. The smallest absolute Gasteiger partial charge is 0.172 e. The van der Waals surface area contributed by atoms with Gasteiger partial charge in [-0.1, -0.05) is 6.42 Å². The van der Waals surface area contributed by atoms with Crippen LogP contribution in [0.4, 0.5) is 0 Å². The van der Waals surface area contributed by atoms with Crippen molar-refractivity contribution in [3.63, 3.8) is 0 Å². The largest absolute Gasteiger partial charge is 0.503 e. The molecule has 17 heavy (non-hydrogen) atoms. The van der Waals surface area contributed by atoms with Crippen LogP contribution < -0.4 is 10.1 Å². The van der Waals surface area contributed by atoms with Gasteiger partial charge in [-0.2, -0.15) is 0 Å². The van der Waals surface area contributed by atoms with E-state index in [2.05, 4.69) is 21.2 Å². The van der Waals surface area contributed by atoms with E-state index in [-0.39, 0.29) is 5.75 Å². The van der Waals surface area contributed by atoms with Crippen LogP contribution in [0.3, 0.4) is 0 Å². The van der Waals surface area contributed by atoms with Gasteiger partial charge in [-0.15, -0.1) is 0 Å². The molecule has 0 bridgehead atoms. The van der Waals surface area contributed by atoms with Gasteiger partial charge >= 0.3 is 0 Å². The van der Waals surface area contributed by atoms with Crippen molar-refractivity contribution in [2.75, 3.05) is 13.2 Å². The second kappa shape index (κ2) is 5.74. The van der Waals surface area contributed by atoms with Crippen molar-refractivity contribution in [1.82, 2.24) is 5.32 Å². The Labute approximate surface area is 110 Å². The highest BCUT2D eigenvalue weighted by atomic mass is 79.9. The lowest BCUT2D eigenvalue weighted by atomic mass is 9.97. The van der Waals surface area contributed by atoms with Gasteiger partial charge in [0.25, 0.3) is 0 Å². The van der Waals surface area contributed by atoms with Crippen molar-refractivity contribution < 1.29 is 9.84 Å². The molecule has 3 nitrogen and oxygen atoms in total. The Kier molecular flexibility index (Phi) is 4.29. The first-order valence-corrected chi connectivity index (χ1v) is 6.90. The van der Waals surface area contributed by atoms with Crippen molar-refractivity contribution in [2.24, 2.45) is 0 Å². The fourth-order valence-electron chi connectivity index (χ4n) is 2.20. The standard InChI is InChI=1S/C13H18BrNO2/c1-2-17-12-8-9(7-10(14)13(12)16)11-5-3-4-6-15-11/h7-8,11,15-16H,2-6H2,1H3/t11-/m0/s1. The number of aromatic hydroxyl groups is 1. The minimum Gasteiger partial charge on any atom is -0.503 e. The fraction of sp³-hybridized carbons (Fsp3) is 0.538. The molecule has 0 radical (unpaired) electrons. The lowest BCUT2D eigenvalue weighted by molar-refractivity contribution is 0.315. The van der Waals surface area contributed by atoms with E-state index >= 15 is 0 Å². The van der Waals surface area contributed by atoms with Crippen LogP contribution in [0.2, 0.25) is 0 Å². The maximum atomic E-state index is 9.86. The second-order valence-electron chi connectivity index (χ2n) is 4.28. The average molecular weight is 300 g/mol. The number of hydrogen-bond donors (Lipinski definition) is 2. The molecule has 0 unspecified atom stereocenters. The first-order chi connectivity index (χ1) is 8.22. The van der Waals surface area contributed by atoms with Gasteiger partial charge in [0.15, 0.2) is 11.5 Å². The van der Waals surface area contributed by atoms with E-state index < -0.39 is 0 Å². The molecule has 1 saturated heterocycles. The zero-order valence-electron chi connectivity index (χ0n) is 10.0. The summed E-state index contributed by atoms with van der Waals surface area (Å²) in [6.45, 7) is 3.54. The van der Waals surface area contributed by atoms with Gasteiger partial charge in [0.2, 0.25) is 0 Å². The Morgan fingerprint density at radius 2 is 2.29 bits per heavy atom. The van der Waals surface area contributed by atoms with E-state index in [4.69, 9.17) is 4.74 Å². The third-order valence-corrected chi connectivity index (χ3v) is 3.67. The molecule has 4 heteroatoms. The highest BCUT2D eigenvalue weighted by Crippen LogP contribution is 2.38. The number of rotatable bonds is 3. The fourth-order valence-corrected chi connectivity index (χ4v) is 2.66. The summed E-state index contributed by atoms with van der Waals surface area (Å²) in [6, 6.07) is 4.29. The molecular weight excluding hydrogens is 282 g/mol. The summed E-state index contributed by atoms with van der Waals surface area (Å²) in [5.74, 6) is 0.746. The lowest BCUT2D eigenvalue weighted by Crippen LogP contribution is -2.26. The Morgan fingerprint density at radius 3 is 2.94 bits per heavy atom. The van der Waals surface area contributed by atoms with E-state index in [1.807, 2.05) is 19.1 Å². The van der Waals surface area contributed by atoms with E-state index in [1.165, 1.54) is 18.4 Å². The van der Waals surface area contributed by atoms with Gasteiger partial charge in [0.1, 0.15) is 0 Å². The number of nitrogens with one attached hydrogen (secondary N) is 1. The van der Waals surface area contributed by atoms with Gasteiger partial charge in [-0.05, 0) is 59.9 Å². The highest BCUT2D eigenvalue weighted by Gasteiger charge is 2.18. The summed E-state index contributed by atoms with van der Waals surface area (Å²) >= 11 is 3.38. The van der Waals surface area contributed by atoms with Gasteiger partial charge < -0.3 is 15.2 Å². The van der Waals surface area contributed by atoms with Gasteiger partial charge in [0.05, 0.1) is 11.1 Å². The molecule has 1 fully saturated rings. The molecule has 0 amide bonds. The van der Waals surface area contributed by atoms with Crippen LogP contribution in [-0.4, -0.2) is 18.3 Å². The van der Waals surface area contributed by atoms with Gasteiger partial charge in [0, 0.05) is 6.04 Å². The van der Waals surface area contributed by atoms with Crippen molar-refractivity contribution in [3.05, 3.63) is 22.2 Å². The molecule has 2 N–H and O–H groups in total. The third-order valence-electron chi connectivity index (χ3n) is 3.06. The maximum Gasteiger partial charge on any atom is 0.172 e. The van der Waals surface area contributed by atoms with Crippen molar-refractivity contribution >= 4 is 15.9 Å². The molecule has 0 aliphatic carbocycles. The minimum absolute atomic E-state index is 0.186. The van der Waals surface area contributed by atoms with Crippen LogP contribution in [0, 0.1) is 0 Å². The molecule has 0 spiro atoms. The third kappa shape index (κ3) is 2.93. The zero-order chi connectivity index (χ0) is 12.3. The van der Waals surface area contributed by atoms with Crippen molar-refractivity contribution in [1.29, 1.82) is 0 Å². The molecule has 1 atom stereocenters. The van der Waals surface area contributed by atoms with Crippen LogP contribution >= 0.6 is 15.9 Å². The molecule has 1 heterocycles. The van der Waals surface area contributed by atoms with Crippen molar-refractivity contribution in [2.45, 2.75) is 32.2 Å². The summed E-state index contributed by atoms with van der Waals surface area (Å²) in [4.78, 5) is 0. The molecule has 0 saturated carbocycles. The molecule has 0 aromatic heterocycles. The summed E-state index contributed by atoms with van der Waals surface area (Å²) in [7, 11) is 0. The summed E-state index contributed by atoms with van der Waals surface area (Å²) in [5.41, 5.74) is 1.18. The van der Waals surface area contributed by atoms with Crippen LogP contribution in [-0.2, 0) is 0 Å². The monoisotopic (exact) mass is 299 g/mol. The predicted octanol–water partition coefficient (Wildman–Crippen LogP) is 3.37. The first kappa shape index (κ1) is 12.7. The lowest BCUT2D eigenvalue weighted by Gasteiger charge is -2.24. The van der Waals surface area contributed by atoms with Gasteiger partial charge in [-0.25, -0.2) is 0 Å². The molecule has 1 aromatic carbocycles. The number of phenolic OH excluding ortho intramolecular Hbond substituents is 1. The number of hydrogen-bond acceptors (Lipinski definition) is 3. The van der Waals surface area contributed by atoms with Crippen LogP contribution in [0.15, 0.2) is 16.6 Å². The Hall–Kier alpha value is -0.740. The second-order valence-corrected chi connectivity index (χ2v) is 5.14. The van der Waals surface area contributed by atoms with Gasteiger partial charge in [-0.3, -0.25) is 0 Å². The zero-order valence-corrected chi connectivity index (χ0v) is 11.6. The molecule has 1 aliphatic rings. The number of ether oxygens (including phenoxy) is 1. The molecular formula is C13H18BrNO2. The van der Waals surface area contributed by atoms with Crippen LogP contribution in [0.25, 0.3) is 0 Å². The Morgan fingerprint density at radius 1 is 1.47 bits per heavy atom. The number of phenols is 1. The number of benzene rings is 1. The quantitative estimate of drug-likeness (QED) is 0.899. The number of halogens is 1. The first-order valence-electron chi connectivity index (χ1n) is 6.11. The predicted molar refractivity (Wildman–Crippen MR) is 71.6 cm³/mol. The number of piperidine rings is 1.